The molecule has 114 valence electrons. The molecule has 0 bridgehead atoms. The van der Waals surface area contributed by atoms with Crippen molar-refractivity contribution in [2.75, 3.05) is 6.54 Å². The molecule has 1 aliphatic carbocycles. The smallest absolute Gasteiger partial charge is 0.244 e. The second kappa shape index (κ2) is 6.41. The van der Waals surface area contributed by atoms with Crippen molar-refractivity contribution in [3.63, 3.8) is 0 Å². The van der Waals surface area contributed by atoms with Crippen LogP contribution >= 0.6 is 0 Å². The van der Waals surface area contributed by atoms with E-state index in [0.29, 0.717) is 12.8 Å². The highest BCUT2D eigenvalue weighted by Crippen LogP contribution is 2.28. The Morgan fingerprint density at radius 2 is 1.86 bits per heavy atom. The highest BCUT2D eigenvalue weighted by Gasteiger charge is 2.31. The molecule has 1 aromatic carbocycles. The molecule has 5 nitrogen and oxygen atoms in total. The summed E-state index contributed by atoms with van der Waals surface area (Å²) >= 11 is 0. The number of benzene rings is 1. The van der Waals surface area contributed by atoms with E-state index in [2.05, 4.69) is 5.32 Å². The Bertz CT molecular complexity index is 616. The lowest BCUT2D eigenvalue weighted by Gasteiger charge is -2.21. The summed E-state index contributed by atoms with van der Waals surface area (Å²) in [5, 5.41) is 13.5. The normalized spacial score (nSPS) is 18.0. The number of hydrogen-bond acceptors (Lipinski definition) is 4. The zero-order valence-electron chi connectivity index (χ0n) is 11.7. The fourth-order valence-electron chi connectivity index (χ4n) is 2.36. The highest BCUT2D eigenvalue weighted by molar-refractivity contribution is 7.94. The van der Waals surface area contributed by atoms with Gasteiger partial charge in [-0.05, 0) is 25.0 Å². The molecule has 1 saturated carbocycles. The quantitative estimate of drug-likeness (QED) is 0.805. The first-order valence-electron chi connectivity index (χ1n) is 6.90. The summed E-state index contributed by atoms with van der Waals surface area (Å²) in [6, 6.07) is 7.90. The lowest BCUT2D eigenvalue weighted by atomic mass is 10.0. The largest absolute Gasteiger partial charge is 0.388 e. The van der Waals surface area contributed by atoms with Gasteiger partial charge in [-0.2, -0.15) is 0 Å². The van der Waals surface area contributed by atoms with Gasteiger partial charge in [-0.1, -0.05) is 31.0 Å². The van der Waals surface area contributed by atoms with Gasteiger partial charge in [0.2, 0.25) is 5.91 Å². The molecule has 1 fully saturated rings. The Kier molecular flexibility index (Phi) is 4.80. The van der Waals surface area contributed by atoms with Crippen molar-refractivity contribution < 1.29 is 18.3 Å². The Labute approximate surface area is 124 Å². The third-order valence-corrected chi connectivity index (χ3v) is 5.02. The molecule has 0 atom stereocenters. The first-order valence-corrected chi connectivity index (χ1v) is 8.44. The average Bonchev–Trinajstić information content (AvgIpc) is 2.91. The molecule has 0 radical (unpaired) electrons. The van der Waals surface area contributed by atoms with E-state index < -0.39 is 21.3 Å². The third kappa shape index (κ3) is 4.41. The average molecular weight is 309 g/mol. The molecule has 2 N–H and O–H groups in total. The number of aliphatic hydroxyl groups is 1. The molecule has 1 aromatic rings. The summed E-state index contributed by atoms with van der Waals surface area (Å²) in [5.41, 5.74) is -0.845. The third-order valence-electron chi connectivity index (χ3n) is 3.60. The van der Waals surface area contributed by atoms with Crippen LogP contribution in [-0.4, -0.2) is 31.6 Å². The minimum absolute atomic E-state index is 0.142. The second-order valence-corrected chi connectivity index (χ2v) is 7.14. The minimum Gasteiger partial charge on any atom is -0.388 e. The number of rotatable bonds is 5. The molecular weight excluding hydrogens is 290 g/mol. The van der Waals surface area contributed by atoms with Crippen LogP contribution in [0.15, 0.2) is 46.7 Å². The SMILES string of the molecule is O=C(C=CS(=O)(=O)c1ccccc1)NCC1(O)CCCC1. The van der Waals surface area contributed by atoms with Gasteiger partial charge >= 0.3 is 0 Å². The van der Waals surface area contributed by atoms with Gasteiger partial charge < -0.3 is 10.4 Å². The van der Waals surface area contributed by atoms with Gasteiger partial charge in [-0.3, -0.25) is 4.79 Å². The van der Waals surface area contributed by atoms with Crippen LogP contribution in [0.25, 0.3) is 0 Å². The van der Waals surface area contributed by atoms with Crippen molar-refractivity contribution in [2.24, 2.45) is 0 Å². The molecule has 0 aliphatic heterocycles. The molecule has 2 rings (SSSR count). The van der Waals surface area contributed by atoms with Gasteiger partial charge in [0.1, 0.15) is 0 Å². The van der Waals surface area contributed by atoms with Crippen molar-refractivity contribution in [3.05, 3.63) is 41.8 Å². The first-order chi connectivity index (χ1) is 9.91. The minimum atomic E-state index is -3.61. The van der Waals surface area contributed by atoms with E-state index in [1.165, 1.54) is 12.1 Å². The van der Waals surface area contributed by atoms with Gasteiger partial charge in [-0.25, -0.2) is 8.42 Å². The van der Waals surface area contributed by atoms with E-state index >= 15 is 0 Å². The van der Waals surface area contributed by atoms with Crippen molar-refractivity contribution in [1.82, 2.24) is 5.32 Å². The molecule has 0 heterocycles. The van der Waals surface area contributed by atoms with Crippen LogP contribution in [0.2, 0.25) is 0 Å². The summed E-state index contributed by atoms with van der Waals surface area (Å²) in [5.74, 6) is -0.519. The predicted octanol–water partition coefficient (Wildman–Crippen LogP) is 1.40. The maximum Gasteiger partial charge on any atom is 0.244 e. The second-order valence-electron chi connectivity index (χ2n) is 5.31. The van der Waals surface area contributed by atoms with Gasteiger partial charge in [0.05, 0.1) is 10.5 Å². The maximum atomic E-state index is 11.9. The summed E-state index contributed by atoms with van der Waals surface area (Å²) in [4.78, 5) is 11.8. The van der Waals surface area contributed by atoms with Crippen LogP contribution in [0.3, 0.4) is 0 Å². The molecule has 1 amide bonds. The van der Waals surface area contributed by atoms with Crippen molar-refractivity contribution >= 4 is 15.7 Å². The van der Waals surface area contributed by atoms with Crippen molar-refractivity contribution in [2.45, 2.75) is 36.2 Å². The van der Waals surface area contributed by atoms with Gasteiger partial charge in [0, 0.05) is 18.0 Å². The van der Waals surface area contributed by atoms with Gasteiger partial charge in [0.25, 0.3) is 0 Å². The molecule has 6 heteroatoms. The van der Waals surface area contributed by atoms with Crippen LogP contribution in [0.5, 0.6) is 0 Å². The number of hydrogen-bond donors (Lipinski definition) is 2. The Morgan fingerprint density at radius 3 is 2.48 bits per heavy atom. The topological polar surface area (TPSA) is 83.5 Å². The number of sulfone groups is 1. The van der Waals surface area contributed by atoms with E-state index in [0.717, 1.165) is 24.3 Å². The lowest BCUT2D eigenvalue weighted by molar-refractivity contribution is -0.117. The predicted molar refractivity (Wildman–Crippen MR) is 79.2 cm³/mol. The molecule has 1 aliphatic rings. The Hall–Kier alpha value is -1.66. The zero-order valence-corrected chi connectivity index (χ0v) is 12.5. The summed E-state index contributed by atoms with van der Waals surface area (Å²) < 4.78 is 23.9. The number of carbonyl (C=O) groups is 1. The molecule has 0 unspecified atom stereocenters. The van der Waals surface area contributed by atoms with Crippen LogP contribution in [-0.2, 0) is 14.6 Å². The monoisotopic (exact) mass is 309 g/mol. The van der Waals surface area contributed by atoms with Crippen LogP contribution in [0.1, 0.15) is 25.7 Å². The van der Waals surface area contributed by atoms with Gasteiger partial charge in [-0.15, -0.1) is 0 Å². The number of nitrogens with one attached hydrogen (secondary N) is 1. The fourth-order valence-corrected chi connectivity index (χ4v) is 3.36. The molecular formula is C15H19NO4S. The molecule has 0 aromatic heterocycles. The summed E-state index contributed by atoms with van der Waals surface area (Å²) in [6.45, 7) is 0.154. The standard InChI is InChI=1S/C15H19NO4S/c17-14(16-12-15(18)9-4-5-10-15)8-11-21(19,20)13-6-2-1-3-7-13/h1-3,6-8,11,18H,4-5,9-10,12H2,(H,16,17). The van der Waals surface area contributed by atoms with Crippen molar-refractivity contribution in [1.29, 1.82) is 0 Å². The van der Waals surface area contributed by atoms with E-state index in [4.69, 9.17) is 0 Å². The van der Waals surface area contributed by atoms with E-state index in [9.17, 15) is 18.3 Å². The van der Waals surface area contributed by atoms with E-state index in [-0.39, 0.29) is 11.4 Å². The first kappa shape index (κ1) is 15.7. The van der Waals surface area contributed by atoms with E-state index in [1.807, 2.05) is 0 Å². The Morgan fingerprint density at radius 1 is 1.24 bits per heavy atom. The molecule has 0 saturated heterocycles. The highest BCUT2D eigenvalue weighted by atomic mass is 32.2. The molecule has 0 spiro atoms. The Balaban J connectivity index is 1.93. The number of amides is 1. The fraction of sp³-hybridized carbons (Fsp3) is 0.400. The maximum absolute atomic E-state index is 11.9. The summed E-state index contributed by atoms with van der Waals surface area (Å²) in [6.07, 6.45) is 4.22. The van der Waals surface area contributed by atoms with Crippen LogP contribution < -0.4 is 5.32 Å². The van der Waals surface area contributed by atoms with E-state index in [1.54, 1.807) is 18.2 Å². The summed E-state index contributed by atoms with van der Waals surface area (Å²) in [7, 11) is -3.61. The lowest BCUT2D eigenvalue weighted by Crippen LogP contribution is -2.40. The van der Waals surface area contributed by atoms with Crippen LogP contribution in [0, 0.1) is 0 Å². The zero-order chi connectivity index (χ0) is 15.3. The van der Waals surface area contributed by atoms with Crippen molar-refractivity contribution in [3.8, 4) is 0 Å². The van der Waals surface area contributed by atoms with Gasteiger partial charge in [0.15, 0.2) is 9.84 Å². The number of carbonyl (C=O) groups excluding carboxylic acids is 1. The van der Waals surface area contributed by atoms with Crippen LogP contribution in [0.4, 0.5) is 0 Å². The molecule has 21 heavy (non-hydrogen) atoms.